The molecule has 2 aliphatic heterocycles. The lowest BCUT2D eigenvalue weighted by atomic mass is 9.94. The number of amidine groups is 1. The molecule has 0 aromatic heterocycles. The number of nitrogens with zero attached hydrogens (tertiary/aromatic N) is 2. The molecule has 198 valence electrons. The maximum atomic E-state index is 13.2. The number of methoxy groups -OCH3 is 1. The number of aliphatic imine (C=N–C) groups is 1. The van der Waals surface area contributed by atoms with E-state index in [1.54, 1.807) is 44.9 Å². The van der Waals surface area contributed by atoms with E-state index in [-0.39, 0.29) is 12.6 Å². The molecule has 0 amide bonds. The van der Waals surface area contributed by atoms with Crippen molar-refractivity contribution in [1.82, 2.24) is 4.90 Å². The van der Waals surface area contributed by atoms with Crippen LogP contribution in [0.4, 0.5) is 5.69 Å². The predicted molar refractivity (Wildman–Crippen MR) is 147 cm³/mol. The minimum atomic E-state index is -3.77. The van der Waals surface area contributed by atoms with Gasteiger partial charge in [-0.3, -0.25) is 4.72 Å². The smallest absolute Gasteiger partial charge is 0.338 e. The van der Waals surface area contributed by atoms with Gasteiger partial charge in [0.15, 0.2) is 5.17 Å². The maximum absolute atomic E-state index is 13.2. The highest BCUT2D eigenvalue weighted by molar-refractivity contribution is 8.13. The van der Waals surface area contributed by atoms with Gasteiger partial charge in [-0.2, -0.15) is 0 Å². The van der Waals surface area contributed by atoms with Gasteiger partial charge in [-0.15, -0.1) is 0 Å². The van der Waals surface area contributed by atoms with Crippen molar-refractivity contribution in [3.63, 3.8) is 0 Å². The van der Waals surface area contributed by atoms with Gasteiger partial charge >= 0.3 is 5.97 Å². The largest absolute Gasteiger partial charge is 0.460 e. The van der Waals surface area contributed by atoms with E-state index in [2.05, 4.69) is 9.62 Å². The highest BCUT2D eigenvalue weighted by atomic mass is 32.2. The van der Waals surface area contributed by atoms with E-state index in [4.69, 9.17) is 14.5 Å². The van der Waals surface area contributed by atoms with Crippen LogP contribution in [0.2, 0.25) is 0 Å². The zero-order valence-corrected chi connectivity index (χ0v) is 23.5. The Labute approximate surface area is 223 Å². The molecule has 2 aromatic carbocycles. The lowest BCUT2D eigenvalue weighted by Gasteiger charge is -2.40. The molecule has 37 heavy (non-hydrogen) atoms. The Kier molecular flexibility index (Phi) is 8.30. The van der Waals surface area contributed by atoms with Crippen molar-refractivity contribution in [1.29, 1.82) is 0 Å². The number of thioether (sulfide) groups is 1. The van der Waals surface area contributed by atoms with Crippen LogP contribution in [0.25, 0.3) is 0 Å². The Morgan fingerprint density at radius 3 is 2.43 bits per heavy atom. The number of sulfonamides is 1. The van der Waals surface area contributed by atoms with E-state index in [0.29, 0.717) is 39.6 Å². The molecule has 8 nitrogen and oxygen atoms in total. The first kappa shape index (κ1) is 27.2. The number of ether oxygens (including phenoxy) is 2. The fourth-order valence-electron chi connectivity index (χ4n) is 4.90. The molecular formula is C27H33N3O5S2. The Hall–Kier alpha value is -2.82. The molecule has 1 saturated heterocycles. The van der Waals surface area contributed by atoms with E-state index in [9.17, 15) is 13.2 Å². The number of allylic oxidation sites excluding steroid dienone is 1. The highest BCUT2D eigenvalue weighted by Gasteiger charge is 2.38. The van der Waals surface area contributed by atoms with Gasteiger partial charge in [0.1, 0.15) is 6.61 Å². The summed E-state index contributed by atoms with van der Waals surface area (Å²) in [4.78, 5) is 20.2. The van der Waals surface area contributed by atoms with Gasteiger partial charge in [-0.25, -0.2) is 18.2 Å². The first-order chi connectivity index (χ1) is 17.6. The average Bonchev–Trinajstić information content (AvgIpc) is 2.82. The zero-order chi connectivity index (χ0) is 26.7. The number of hydrogen-bond acceptors (Lipinski definition) is 8. The third kappa shape index (κ3) is 5.86. The Balaban J connectivity index is 1.64. The number of anilines is 1. The second-order valence-corrected chi connectivity index (χ2v) is 12.0. The van der Waals surface area contributed by atoms with E-state index in [1.807, 2.05) is 38.1 Å². The topological polar surface area (TPSA) is 97.3 Å². The molecule has 2 aromatic rings. The lowest BCUT2D eigenvalue weighted by Crippen LogP contribution is -2.42. The monoisotopic (exact) mass is 543 g/mol. The normalized spacial score (nSPS) is 17.8. The summed E-state index contributed by atoms with van der Waals surface area (Å²) >= 11 is 1.67. The quantitative estimate of drug-likeness (QED) is 0.380. The van der Waals surface area contributed by atoms with Crippen LogP contribution in [0.5, 0.6) is 0 Å². The molecule has 0 spiro atoms. The fraction of sp³-hybridized carbons (Fsp3) is 0.407. The van der Waals surface area contributed by atoms with E-state index in [0.717, 1.165) is 35.0 Å². The molecule has 0 bridgehead atoms. The van der Waals surface area contributed by atoms with Crippen LogP contribution >= 0.6 is 11.8 Å². The molecule has 2 aliphatic rings. The summed E-state index contributed by atoms with van der Waals surface area (Å²) in [6.07, 6.45) is 0.971. The van der Waals surface area contributed by atoms with Gasteiger partial charge in [0.2, 0.25) is 0 Å². The zero-order valence-electron chi connectivity index (χ0n) is 21.8. The summed E-state index contributed by atoms with van der Waals surface area (Å²) in [5, 5.41) is 0.886. The Morgan fingerprint density at radius 1 is 1.11 bits per heavy atom. The summed E-state index contributed by atoms with van der Waals surface area (Å²) in [5.74, 6) is 0.551. The summed E-state index contributed by atoms with van der Waals surface area (Å²) in [7, 11) is -2.22. The van der Waals surface area contributed by atoms with E-state index in [1.165, 1.54) is 0 Å². The number of nitrogens with one attached hydrogen (secondary N) is 1. The van der Waals surface area contributed by atoms with Crippen molar-refractivity contribution >= 4 is 38.6 Å². The average molecular weight is 544 g/mol. The van der Waals surface area contributed by atoms with Gasteiger partial charge < -0.3 is 14.4 Å². The van der Waals surface area contributed by atoms with E-state index >= 15 is 0 Å². The number of esters is 1. The summed E-state index contributed by atoms with van der Waals surface area (Å²) in [6, 6.07) is 10.5. The molecule has 0 aliphatic carbocycles. The third-order valence-corrected chi connectivity index (χ3v) is 9.11. The van der Waals surface area contributed by atoms with Crippen molar-refractivity contribution in [2.45, 2.75) is 45.1 Å². The minimum absolute atomic E-state index is 0.155. The van der Waals surface area contributed by atoms with Gasteiger partial charge in [0.25, 0.3) is 10.0 Å². The molecule has 0 saturated carbocycles. The molecule has 4 rings (SSSR count). The van der Waals surface area contributed by atoms with Crippen LogP contribution < -0.4 is 4.72 Å². The van der Waals surface area contributed by atoms with Crippen molar-refractivity contribution in [2.24, 2.45) is 4.99 Å². The minimum Gasteiger partial charge on any atom is -0.460 e. The molecule has 1 unspecified atom stereocenters. The van der Waals surface area contributed by atoms with Gasteiger partial charge in [-0.1, -0.05) is 41.6 Å². The lowest BCUT2D eigenvalue weighted by molar-refractivity contribution is -0.141. The first-order valence-corrected chi connectivity index (χ1v) is 14.6. The SMILES string of the molecule is COCCOC(=O)C1=C(C)N=C2SCCCN2C1c1ccc(NS(=O)(=O)c2c(C)cc(C)cc2C)cc1. The van der Waals surface area contributed by atoms with Gasteiger partial charge in [0.05, 0.1) is 28.8 Å². The van der Waals surface area contributed by atoms with E-state index < -0.39 is 16.0 Å². The molecule has 10 heteroatoms. The Morgan fingerprint density at radius 2 is 1.78 bits per heavy atom. The molecular weight excluding hydrogens is 510 g/mol. The van der Waals surface area contributed by atoms with Crippen molar-refractivity contribution < 1.29 is 22.7 Å². The van der Waals surface area contributed by atoms with Crippen LogP contribution in [-0.2, 0) is 24.3 Å². The summed E-state index contributed by atoms with van der Waals surface area (Å²) in [5.41, 5.74) is 4.85. The number of fused-ring (bicyclic) bond motifs is 1. The van der Waals surface area contributed by atoms with Crippen molar-refractivity contribution in [3.8, 4) is 0 Å². The van der Waals surface area contributed by atoms with Gasteiger partial charge in [-0.05, 0) is 62.9 Å². The summed E-state index contributed by atoms with van der Waals surface area (Å²) < 4.78 is 39.7. The Bertz CT molecular complexity index is 1330. The molecule has 1 N–H and O–H groups in total. The molecule has 1 fully saturated rings. The second kappa shape index (κ2) is 11.3. The third-order valence-electron chi connectivity index (χ3n) is 6.35. The van der Waals surface area contributed by atoms with Crippen LogP contribution in [0, 0.1) is 20.8 Å². The van der Waals surface area contributed by atoms with Crippen LogP contribution in [0.3, 0.4) is 0 Å². The number of carbonyl (C=O) groups is 1. The number of carbonyl (C=O) groups excluding carboxylic acids is 1. The number of hydrogen-bond donors (Lipinski definition) is 1. The number of benzene rings is 2. The summed E-state index contributed by atoms with van der Waals surface area (Å²) in [6.45, 7) is 8.61. The van der Waals surface area contributed by atoms with Crippen LogP contribution in [-0.4, -0.2) is 57.1 Å². The van der Waals surface area contributed by atoms with Crippen LogP contribution in [0.15, 0.2) is 57.6 Å². The first-order valence-electron chi connectivity index (χ1n) is 12.2. The number of aryl methyl sites for hydroxylation is 3. The number of rotatable bonds is 8. The standard InChI is InChI=1S/C27H33N3O5S2/c1-17-15-18(2)25(19(3)16-17)37(32,33)29-22-9-7-21(8-10-22)24-23(26(31)35-13-12-34-5)20(4)28-27-30(24)11-6-14-36-27/h7-10,15-16,24,29H,6,11-14H2,1-5H3. The fourth-order valence-corrected chi connectivity index (χ4v) is 7.44. The molecule has 0 radical (unpaired) electrons. The molecule has 2 heterocycles. The van der Waals surface area contributed by atoms with Crippen molar-refractivity contribution in [2.75, 3.05) is 37.3 Å². The highest BCUT2D eigenvalue weighted by Crippen LogP contribution is 2.40. The van der Waals surface area contributed by atoms with Crippen molar-refractivity contribution in [3.05, 3.63) is 69.9 Å². The van der Waals surface area contributed by atoms with Crippen LogP contribution in [0.1, 0.15) is 41.6 Å². The predicted octanol–water partition coefficient (Wildman–Crippen LogP) is 4.73. The van der Waals surface area contributed by atoms with Gasteiger partial charge in [0, 0.05) is 25.1 Å². The maximum Gasteiger partial charge on any atom is 0.338 e. The molecule has 1 atom stereocenters. The second-order valence-electron chi connectivity index (χ2n) is 9.28.